The van der Waals surface area contributed by atoms with Gasteiger partial charge in [-0.1, -0.05) is 59.6 Å². The van der Waals surface area contributed by atoms with Crippen molar-refractivity contribution in [3.8, 4) is 11.4 Å². The van der Waals surface area contributed by atoms with Gasteiger partial charge in [-0.15, -0.1) is 10.2 Å². The summed E-state index contributed by atoms with van der Waals surface area (Å²) in [5.74, 6) is 1.82. The molecule has 1 aliphatic rings. The van der Waals surface area contributed by atoms with E-state index in [9.17, 15) is 4.79 Å². The van der Waals surface area contributed by atoms with E-state index >= 15 is 0 Å². The van der Waals surface area contributed by atoms with Gasteiger partial charge in [-0.2, -0.15) is 0 Å². The summed E-state index contributed by atoms with van der Waals surface area (Å²) in [6, 6.07) is 8.28. The van der Waals surface area contributed by atoms with Gasteiger partial charge in [0.15, 0.2) is 11.0 Å². The Morgan fingerprint density at radius 1 is 1.28 bits per heavy atom. The number of hydrogen-bond acceptors (Lipinski definition) is 4. The van der Waals surface area contributed by atoms with Gasteiger partial charge in [0.05, 0.1) is 5.75 Å². The monoisotopic (exact) mass is 422 g/mol. The summed E-state index contributed by atoms with van der Waals surface area (Å²) in [6.07, 6.45) is 4.79. The molecule has 1 saturated carbocycles. The Kier molecular flexibility index (Phi) is 6.17. The molecular formula is C18H23BrN4OS. The Bertz CT molecular complexity index is 731. The number of nitrogens with one attached hydrogen (secondary N) is 1. The minimum atomic E-state index is 0.0805. The standard InChI is InChI=1S/C18H23BrN4OS/c1-12-5-3-4-6-15(12)20-16(24)11-25-18-22-21-17(23(18)2)13-7-9-14(19)10-8-13/h7-10,12,15H,3-6,11H2,1-2H3,(H,20,24)/t12-,15+/m1/s1. The molecule has 0 saturated heterocycles. The van der Waals surface area contributed by atoms with Crippen LogP contribution in [0.25, 0.3) is 11.4 Å². The Morgan fingerprint density at radius 2 is 2.00 bits per heavy atom. The van der Waals surface area contributed by atoms with Crippen LogP contribution in [-0.2, 0) is 11.8 Å². The first-order valence-corrected chi connectivity index (χ1v) is 10.4. The Balaban J connectivity index is 1.58. The van der Waals surface area contributed by atoms with Crippen LogP contribution in [-0.4, -0.2) is 32.5 Å². The summed E-state index contributed by atoms with van der Waals surface area (Å²) in [5, 5.41) is 12.4. The quantitative estimate of drug-likeness (QED) is 0.738. The van der Waals surface area contributed by atoms with Crippen LogP contribution < -0.4 is 5.32 Å². The molecule has 1 aromatic heterocycles. The van der Waals surface area contributed by atoms with Crippen LogP contribution in [0.4, 0.5) is 0 Å². The Morgan fingerprint density at radius 3 is 2.72 bits per heavy atom. The van der Waals surface area contributed by atoms with Crippen molar-refractivity contribution in [1.29, 1.82) is 0 Å². The molecule has 1 fully saturated rings. The summed E-state index contributed by atoms with van der Waals surface area (Å²) < 4.78 is 2.96. The normalized spacial score (nSPS) is 20.4. The van der Waals surface area contributed by atoms with Gasteiger partial charge in [0.25, 0.3) is 0 Å². The van der Waals surface area contributed by atoms with Gasteiger partial charge >= 0.3 is 0 Å². The van der Waals surface area contributed by atoms with Crippen molar-refractivity contribution in [3.63, 3.8) is 0 Å². The number of amides is 1. The minimum absolute atomic E-state index is 0.0805. The third-order valence-electron chi connectivity index (χ3n) is 4.73. The molecule has 25 heavy (non-hydrogen) atoms. The molecule has 2 aromatic rings. The van der Waals surface area contributed by atoms with Gasteiger partial charge in [0, 0.05) is 23.1 Å². The number of thioether (sulfide) groups is 1. The highest BCUT2D eigenvalue weighted by molar-refractivity contribution is 9.10. The summed E-state index contributed by atoms with van der Waals surface area (Å²) in [5.41, 5.74) is 1.01. The molecule has 2 atom stereocenters. The van der Waals surface area contributed by atoms with Gasteiger partial charge in [-0.05, 0) is 30.9 Å². The van der Waals surface area contributed by atoms with Crippen molar-refractivity contribution < 1.29 is 4.79 Å². The highest BCUT2D eigenvalue weighted by Crippen LogP contribution is 2.25. The summed E-state index contributed by atoms with van der Waals surface area (Å²) in [6.45, 7) is 2.23. The van der Waals surface area contributed by atoms with Crippen LogP contribution >= 0.6 is 27.7 Å². The molecule has 1 heterocycles. The van der Waals surface area contributed by atoms with Crippen LogP contribution in [0.15, 0.2) is 33.9 Å². The topological polar surface area (TPSA) is 59.8 Å². The van der Waals surface area contributed by atoms with Crippen molar-refractivity contribution in [2.24, 2.45) is 13.0 Å². The fourth-order valence-electron chi connectivity index (χ4n) is 3.20. The van der Waals surface area contributed by atoms with Crippen molar-refractivity contribution in [3.05, 3.63) is 28.7 Å². The van der Waals surface area contributed by atoms with Crippen molar-refractivity contribution >= 4 is 33.6 Å². The highest BCUT2D eigenvalue weighted by Gasteiger charge is 2.23. The van der Waals surface area contributed by atoms with Gasteiger partial charge in [-0.25, -0.2) is 0 Å². The molecule has 3 rings (SSSR count). The van der Waals surface area contributed by atoms with Crippen LogP contribution in [0.3, 0.4) is 0 Å². The number of carbonyl (C=O) groups excluding carboxylic acids is 1. The van der Waals surface area contributed by atoms with Crippen molar-refractivity contribution in [1.82, 2.24) is 20.1 Å². The molecule has 1 N–H and O–H groups in total. The molecule has 7 heteroatoms. The molecule has 0 spiro atoms. The largest absolute Gasteiger partial charge is 0.352 e. The first-order valence-electron chi connectivity index (χ1n) is 8.62. The Hall–Kier alpha value is -1.34. The number of rotatable bonds is 5. The zero-order valence-corrected chi connectivity index (χ0v) is 16.9. The zero-order valence-electron chi connectivity index (χ0n) is 14.5. The van der Waals surface area contributed by atoms with Gasteiger partial charge < -0.3 is 9.88 Å². The predicted molar refractivity (Wildman–Crippen MR) is 104 cm³/mol. The fourth-order valence-corrected chi connectivity index (χ4v) is 4.19. The van der Waals surface area contributed by atoms with Crippen LogP contribution in [0.5, 0.6) is 0 Å². The second kappa shape index (κ2) is 8.36. The lowest BCUT2D eigenvalue weighted by molar-refractivity contribution is -0.119. The average molecular weight is 423 g/mol. The smallest absolute Gasteiger partial charge is 0.230 e. The van der Waals surface area contributed by atoms with Gasteiger partial charge in [0.1, 0.15) is 0 Å². The zero-order chi connectivity index (χ0) is 17.8. The number of benzene rings is 1. The molecule has 1 aromatic carbocycles. The van der Waals surface area contributed by atoms with E-state index in [0.717, 1.165) is 27.4 Å². The molecule has 0 unspecified atom stereocenters. The molecule has 5 nitrogen and oxygen atoms in total. The maximum Gasteiger partial charge on any atom is 0.230 e. The van der Waals surface area contributed by atoms with E-state index in [1.807, 2.05) is 35.9 Å². The maximum atomic E-state index is 12.3. The second-order valence-electron chi connectivity index (χ2n) is 6.60. The van der Waals surface area contributed by atoms with Crippen molar-refractivity contribution in [2.45, 2.75) is 43.8 Å². The SMILES string of the molecule is C[C@@H]1CCCC[C@@H]1NC(=O)CSc1nnc(-c2ccc(Br)cc2)n1C. The van der Waals surface area contributed by atoms with Crippen LogP contribution in [0.1, 0.15) is 32.6 Å². The van der Waals surface area contributed by atoms with Gasteiger partial charge in [0.2, 0.25) is 5.91 Å². The van der Waals surface area contributed by atoms with Gasteiger partial charge in [-0.3, -0.25) is 4.79 Å². The first kappa shape index (κ1) is 18.5. The highest BCUT2D eigenvalue weighted by atomic mass is 79.9. The first-order chi connectivity index (χ1) is 12.0. The third-order valence-corrected chi connectivity index (χ3v) is 6.28. The average Bonchev–Trinajstić information content (AvgIpc) is 2.97. The second-order valence-corrected chi connectivity index (χ2v) is 8.45. The lowest BCUT2D eigenvalue weighted by atomic mass is 9.86. The maximum absolute atomic E-state index is 12.3. The molecule has 0 bridgehead atoms. The van der Waals surface area contributed by atoms with E-state index in [1.54, 1.807) is 0 Å². The Labute approximate surface area is 161 Å². The van der Waals surface area contributed by atoms with E-state index < -0.39 is 0 Å². The molecule has 0 aliphatic heterocycles. The number of hydrogen-bond donors (Lipinski definition) is 1. The third kappa shape index (κ3) is 4.64. The number of nitrogens with zero attached hydrogens (tertiary/aromatic N) is 3. The van der Waals surface area contributed by atoms with E-state index in [2.05, 4.69) is 38.4 Å². The molecule has 134 valence electrons. The summed E-state index contributed by atoms with van der Waals surface area (Å²) in [4.78, 5) is 12.3. The predicted octanol–water partition coefficient (Wildman–Crippen LogP) is 4.03. The van der Waals surface area contributed by atoms with E-state index in [1.165, 1.54) is 31.0 Å². The minimum Gasteiger partial charge on any atom is -0.352 e. The van der Waals surface area contributed by atoms with E-state index in [-0.39, 0.29) is 5.91 Å². The summed E-state index contributed by atoms with van der Waals surface area (Å²) in [7, 11) is 1.93. The van der Waals surface area contributed by atoms with E-state index in [4.69, 9.17) is 0 Å². The fraction of sp³-hybridized carbons (Fsp3) is 0.500. The molecule has 1 aliphatic carbocycles. The number of aromatic nitrogens is 3. The lowest BCUT2D eigenvalue weighted by Gasteiger charge is -2.29. The molecule has 0 radical (unpaired) electrons. The molecule has 1 amide bonds. The molecular weight excluding hydrogens is 400 g/mol. The van der Waals surface area contributed by atoms with Crippen LogP contribution in [0.2, 0.25) is 0 Å². The van der Waals surface area contributed by atoms with E-state index in [0.29, 0.717) is 17.7 Å². The number of halogens is 1. The van der Waals surface area contributed by atoms with Crippen LogP contribution in [0, 0.1) is 5.92 Å². The lowest BCUT2D eigenvalue weighted by Crippen LogP contribution is -2.41. The van der Waals surface area contributed by atoms with Crippen molar-refractivity contribution in [2.75, 3.05) is 5.75 Å². The summed E-state index contributed by atoms with van der Waals surface area (Å²) >= 11 is 4.87. The number of carbonyl (C=O) groups is 1.